The summed E-state index contributed by atoms with van der Waals surface area (Å²) in [5.41, 5.74) is 1.000. The highest BCUT2D eigenvalue weighted by Gasteiger charge is 2.62. The largest absolute Gasteiger partial charge is 0.466 e. The Balaban J connectivity index is 1.95. The Labute approximate surface area is 144 Å². The van der Waals surface area contributed by atoms with Crippen LogP contribution in [0.1, 0.15) is 18.1 Å². The first-order valence-corrected chi connectivity index (χ1v) is 8.08. The van der Waals surface area contributed by atoms with E-state index >= 15 is 0 Å². The number of nitrogens with zero attached hydrogens (tertiary/aromatic N) is 1. The smallest absolute Gasteiger partial charge is 0.281 e. The molecule has 2 heterocycles. The Kier molecular flexibility index (Phi) is 3.25. The van der Waals surface area contributed by atoms with Gasteiger partial charge in [0.2, 0.25) is 5.60 Å². The molecule has 1 spiro atoms. The monoisotopic (exact) mass is 339 g/mol. The minimum absolute atomic E-state index is 0.269. The number of rotatable bonds is 3. The van der Waals surface area contributed by atoms with Crippen LogP contribution in [0.15, 0.2) is 54.1 Å². The van der Waals surface area contributed by atoms with Crippen molar-refractivity contribution in [2.24, 2.45) is 0 Å². The summed E-state index contributed by atoms with van der Waals surface area (Å²) in [7, 11) is 0. The second-order valence-electron chi connectivity index (χ2n) is 5.70. The fourth-order valence-electron chi connectivity index (χ4n) is 3.46. The average molecular weight is 340 g/mol. The minimum Gasteiger partial charge on any atom is -0.466 e. The quantitative estimate of drug-likeness (QED) is 0.803. The van der Waals surface area contributed by atoms with E-state index in [0.29, 0.717) is 40.4 Å². The lowest BCUT2D eigenvalue weighted by molar-refractivity contribution is -0.137. The van der Waals surface area contributed by atoms with E-state index in [4.69, 9.17) is 16.3 Å². The van der Waals surface area contributed by atoms with Gasteiger partial charge in [-0.3, -0.25) is 9.59 Å². The number of likely N-dealkylation sites (N-methyl/N-ethyl adjacent to an activating group) is 1. The molecule has 120 valence electrons. The molecule has 0 saturated heterocycles. The normalized spacial score (nSPS) is 21.6. The van der Waals surface area contributed by atoms with Gasteiger partial charge < -0.3 is 9.64 Å². The van der Waals surface area contributed by atoms with Crippen molar-refractivity contribution in [3.8, 4) is 0 Å². The molecule has 1 amide bonds. The molecule has 2 aromatic rings. The first-order chi connectivity index (χ1) is 11.6. The van der Waals surface area contributed by atoms with Crippen molar-refractivity contribution in [3.05, 3.63) is 70.3 Å². The number of aldehydes is 1. The Hall–Kier alpha value is -2.59. The molecular formula is C19H14ClNO3. The Morgan fingerprint density at radius 1 is 1.17 bits per heavy atom. The number of amides is 1. The van der Waals surface area contributed by atoms with Gasteiger partial charge in [0, 0.05) is 17.7 Å². The number of hydrogen-bond donors (Lipinski definition) is 0. The zero-order chi connectivity index (χ0) is 16.9. The number of halogens is 1. The minimum atomic E-state index is -1.37. The highest BCUT2D eigenvalue weighted by Crippen LogP contribution is 2.57. The van der Waals surface area contributed by atoms with Gasteiger partial charge in [0.1, 0.15) is 5.76 Å². The van der Waals surface area contributed by atoms with Crippen molar-refractivity contribution >= 4 is 35.2 Å². The van der Waals surface area contributed by atoms with Crippen LogP contribution in [0.5, 0.6) is 0 Å². The zero-order valence-corrected chi connectivity index (χ0v) is 13.7. The maximum Gasteiger partial charge on any atom is 0.281 e. The lowest BCUT2D eigenvalue weighted by Gasteiger charge is -2.40. The number of benzene rings is 2. The Morgan fingerprint density at radius 2 is 1.92 bits per heavy atom. The molecule has 0 radical (unpaired) electrons. The van der Waals surface area contributed by atoms with Crippen molar-refractivity contribution in [1.29, 1.82) is 0 Å². The molecule has 24 heavy (non-hydrogen) atoms. The molecule has 4 rings (SSSR count). The summed E-state index contributed by atoms with van der Waals surface area (Å²) in [6, 6.07) is 14.6. The number of anilines is 1. The van der Waals surface area contributed by atoms with Gasteiger partial charge >= 0.3 is 0 Å². The van der Waals surface area contributed by atoms with E-state index in [-0.39, 0.29) is 5.91 Å². The number of para-hydroxylation sites is 1. The van der Waals surface area contributed by atoms with Crippen molar-refractivity contribution in [3.63, 3.8) is 0 Å². The molecule has 0 N–H and O–H groups in total. The van der Waals surface area contributed by atoms with Gasteiger partial charge in [-0.1, -0.05) is 54.1 Å². The molecule has 1 atom stereocenters. The fourth-order valence-corrected chi connectivity index (χ4v) is 3.73. The maximum absolute atomic E-state index is 13.0. The molecule has 0 aromatic heterocycles. The second kappa shape index (κ2) is 5.21. The summed E-state index contributed by atoms with van der Waals surface area (Å²) in [5.74, 6) is 0.178. The van der Waals surface area contributed by atoms with Gasteiger partial charge in [-0.25, -0.2) is 0 Å². The van der Waals surface area contributed by atoms with E-state index in [1.54, 1.807) is 23.1 Å². The summed E-state index contributed by atoms with van der Waals surface area (Å²) < 4.78 is 6.00. The standard InChI is InChI=1S/C19H14ClNO3/c1-2-21-16-13(9-6-10-15(16)20)19(18(21)23)14(11-22)17(24-19)12-7-4-3-5-8-12/h3-11H,2H2,1H3/t19-/m1/s1. The predicted octanol–water partition coefficient (Wildman–Crippen LogP) is 3.54. The number of fused-ring (bicyclic) bond motifs is 2. The van der Waals surface area contributed by atoms with Crippen molar-refractivity contribution < 1.29 is 14.3 Å². The van der Waals surface area contributed by atoms with E-state index in [1.165, 1.54) is 0 Å². The molecule has 2 aromatic carbocycles. The van der Waals surface area contributed by atoms with E-state index in [1.807, 2.05) is 37.3 Å². The van der Waals surface area contributed by atoms with Crippen LogP contribution in [-0.4, -0.2) is 18.7 Å². The molecule has 0 fully saturated rings. The first kappa shape index (κ1) is 15.0. The number of carbonyl (C=O) groups is 2. The molecule has 0 bridgehead atoms. The topological polar surface area (TPSA) is 46.6 Å². The predicted molar refractivity (Wildman–Crippen MR) is 91.7 cm³/mol. The van der Waals surface area contributed by atoms with Crippen molar-refractivity contribution in [1.82, 2.24) is 0 Å². The molecule has 2 aliphatic rings. The van der Waals surface area contributed by atoms with Crippen LogP contribution in [0, 0.1) is 0 Å². The summed E-state index contributed by atoms with van der Waals surface area (Å²) in [6.07, 6.45) is 0.716. The summed E-state index contributed by atoms with van der Waals surface area (Å²) in [6.45, 7) is 2.32. The Bertz CT molecular complexity index is 891. The molecular weight excluding hydrogens is 326 g/mol. The molecule has 0 saturated carbocycles. The van der Waals surface area contributed by atoms with Crippen LogP contribution >= 0.6 is 11.6 Å². The highest BCUT2D eigenvalue weighted by atomic mass is 35.5. The molecule has 4 nitrogen and oxygen atoms in total. The van der Waals surface area contributed by atoms with Gasteiger partial charge in [0.15, 0.2) is 6.29 Å². The van der Waals surface area contributed by atoms with Gasteiger partial charge in [-0.2, -0.15) is 0 Å². The lowest BCUT2D eigenvalue weighted by Crippen LogP contribution is -2.49. The fraction of sp³-hybridized carbons (Fsp3) is 0.158. The number of ether oxygens (including phenoxy) is 1. The van der Waals surface area contributed by atoms with Gasteiger partial charge in [-0.15, -0.1) is 0 Å². The van der Waals surface area contributed by atoms with E-state index in [9.17, 15) is 9.59 Å². The number of carbonyl (C=O) groups excluding carboxylic acids is 2. The average Bonchev–Trinajstić information content (AvgIpc) is 2.85. The Morgan fingerprint density at radius 3 is 2.58 bits per heavy atom. The third-order valence-electron chi connectivity index (χ3n) is 4.53. The van der Waals surface area contributed by atoms with Gasteiger partial charge in [0.05, 0.1) is 16.3 Å². The van der Waals surface area contributed by atoms with Crippen LogP contribution in [0.25, 0.3) is 5.76 Å². The molecule has 2 aliphatic heterocycles. The first-order valence-electron chi connectivity index (χ1n) is 7.70. The maximum atomic E-state index is 13.0. The molecule has 0 aliphatic carbocycles. The van der Waals surface area contributed by atoms with E-state index in [2.05, 4.69) is 0 Å². The van der Waals surface area contributed by atoms with Gasteiger partial charge in [-0.05, 0) is 13.0 Å². The second-order valence-corrected chi connectivity index (χ2v) is 6.10. The van der Waals surface area contributed by atoms with Crippen LogP contribution in [0.4, 0.5) is 5.69 Å². The summed E-state index contributed by atoms with van der Waals surface area (Å²) in [5, 5.41) is 0.474. The van der Waals surface area contributed by atoms with Crippen LogP contribution in [0.3, 0.4) is 0 Å². The van der Waals surface area contributed by atoms with E-state index in [0.717, 1.165) is 5.56 Å². The third-order valence-corrected chi connectivity index (χ3v) is 4.84. The summed E-state index contributed by atoms with van der Waals surface area (Å²) in [4.78, 5) is 26.4. The van der Waals surface area contributed by atoms with Crippen LogP contribution in [0.2, 0.25) is 5.02 Å². The van der Waals surface area contributed by atoms with Crippen LogP contribution in [-0.2, 0) is 19.9 Å². The molecule has 0 unspecified atom stereocenters. The highest BCUT2D eigenvalue weighted by molar-refractivity contribution is 6.35. The van der Waals surface area contributed by atoms with Crippen molar-refractivity contribution in [2.45, 2.75) is 12.5 Å². The zero-order valence-electron chi connectivity index (χ0n) is 13.0. The SMILES string of the molecule is CCN1C(=O)[C@@]2(OC(c3ccccc3)=C2C=O)c2cccc(Cl)c21. The van der Waals surface area contributed by atoms with E-state index < -0.39 is 5.60 Å². The van der Waals surface area contributed by atoms with Crippen LogP contribution < -0.4 is 4.90 Å². The lowest BCUT2D eigenvalue weighted by atomic mass is 9.81. The number of hydrogen-bond acceptors (Lipinski definition) is 3. The van der Waals surface area contributed by atoms with Crippen molar-refractivity contribution in [2.75, 3.05) is 11.4 Å². The summed E-state index contributed by atoms with van der Waals surface area (Å²) >= 11 is 6.31. The molecule has 5 heteroatoms. The third kappa shape index (κ3) is 1.69. The van der Waals surface area contributed by atoms with Gasteiger partial charge in [0.25, 0.3) is 5.91 Å².